The highest BCUT2D eigenvalue weighted by Crippen LogP contribution is 2.65. The largest absolute Gasteiger partial charge is 0.393 e. The van der Waals surface area contributed by atoms with E-state index in [1.165, 1.54) is 31.2 Å². The van der Waals surface area contributed by atoms with Crippen LogP contribution < -0.4 is 15.6 Å². The Kier molecular flexibility index (Phi) is 6.36. The van der Waals surface area contributed by atoms with Gasteiger partial charge in [-0.05, 0) is 121 Å². The molecule has 0 radical (unpaired) electrons. The van der Waals surface area contributed by atoms with Crippen molar-refractivity contribution >= 4 is 24.3 Å². The van der Waals surface area contributed by atoms with Crippen molar-refractivity contribution in [3.05, 3.63) is 78.0 Å². The summed E-state index contributed by atoms with van der Waals surface area (Å²) in [5, 5.41) is 26.6. The van der Waals surface area contributed by atoms with Crippen LogP contribution in [0.2, 0.25) is 0 Å². The second kappa shape index (κ2) is 9.70. The fourth-order valence-electron chi connectivity index (χ4n) is 9.36. The van der Waals surface area contributed by atoms with Gasteiger partial charge in [-0.2, -0.15) is 5.10 Å². The maximum absolute atomic E-state index is 14.9. The van der Waals surface area contributed by atoms with Gasteiger partial charge in [0.2, 0.25) is 0 Å². The fourth-order valence-corrected chi connectivity index (χ4v) is 11.4. The van der Waals surface area contributed by atoms with Crippen LogP contribution in [0.1, 0.15) is 63.5 Å². The number of para-hydroxylation sites is 2. The molecular formula is C33H41N4O2P. The zero-order valence-corrected chi connectivity index (χ0v) is 24.5. The smallest absolute Gasteiger partial charge is 0.307 e. The molecule has 3 saturated carbocycles. The van der Waals surface area contributed by atoms with Crippen LogP contribution in [-0.4, -0.2) is 21.4 Å². The molecule has 40 heavy (non-hydrogen) atoms. The molecule has 1 unspecified atom stereocenters. The first-order valence-corrected chi connectivity index (χ1v) is 16.8. The van der Waals surface area contributed by atoms with Crippen LogP contribution in [0.5, 0.6) is 0 Å². The van der Waals surface area contributed by atoms with Crippen molar-refractivity contribution < 1.29 is 9.67 Å². The second-order valence-electron chi connectivity index (χ2n) is 13.4. The predicted octanol–water partition coefficient (Wildman–Crippen LogP) is 6.84. The van der Waals surface area contributed by atoms with Gasteiger partial charge in [0.1, 0.15) is 0 Å². The van der Waals surface area contributed by atoms with Crippen molar-refractivity contribution in [2.45, 2.75) is 71.3 Å². The van der Waals surface area contributed by atoms with Crippen molar-refractivity contribution in [2.75, 3.05) is 10.2 Å². The van der Waals surface area contributed by atoms with Gasteiger partial charge < -0.3 is 15.3 Å². The third-order valence-corrected chi connectivity index (χ3v) is 13.6. The minimum atomic E-state index is -3.41. The van der Waals surface area contributed by atoms with E-state index in [4.69, 9.17) is 0 Å². The van der Waals surface area contributed by atoms with E-state index in [1.54, 1.807) is 0 Å². The molecule has 4 aliphatic carbocycles. The van der Waals surface area contributed by atoms with Gasteiger partial charge in [-0.3, -0.25) is 4.57 Å². The quantitative estimate of drug-likeness (QED) is 0.299. The first-order chi connectivity index (χ1) is 19.3. The maximum atomic E-state index is 14.9. The second-order valence-corrected chi connectivity index (χ2v) is 15.5. The van der Waals surface area contributed by atoms with E-state index in [9.17, 15) is 9.67 Å². The Morgan fingerprint density at radius 3 is 2.17 bits per heavy atom. The van der Waals surface area contributed by atoms with E-state index in [-0.39, 0.29) is 16.9 Å². The summed E-state index contributed by atoms with van der Waals surface area (Å²) in [7, 11) is -3.41. The Bertz CT molecular complexity index is 1390. The van der Waals surface area contributed by atoms with Crippen LogP contribution in [0, 0.1) is 34.5 Å². The van der Waals surface area contributed by atoms with E-state index in [1.807, 2.05) is 66.9 Å². The number of hydrogen-bond donors (Lipinski definition) is 3. The van der Waals surface area contributed by atoms with Crippen molar-refractivity contribution in [1.29, 1.82) is 0 Å². The lowest BCUT2D eigenvalue weighted by Crippen LogP contribution is -2.55. The highest BCUT2D eigenvalue weighted by atomic mass is 31.2. The number of rotatable bonds is 5. The average molecular weight is 557 g/mol. The molecule has 7 atom stereocenters. The number of aromatic nitrogens is 2. The van der Waals surface area contributed by atoms with Gasteiger partial charge >= 0.3 is 7.44 Å². The van der Waals surface area contributed by atoms with Gasteiger partial charge in [0.05, 0.1) is 12.3 Å². The molecule has 0 aliphatic heterocycles. The molecule has 3 aromatic rings. The maximum Gasteiger partial charge on any atom is 0.307 e. The Balaban J connectivity index is 1.25. The molecule has 0 bridgehead atoms. The molecule has 1 aromatic heterocycles. The number of benzene rings is 2. The average Bonchev–Trinajstić information content (AvgIpc) is 3.26. The van der Waals surface area contributed by atoms with Gasteiger partial charge in [0.15, 0.2) is 5.44 Å². The van der Waals surface area contributed by atoms with Crippen molar-refractivity contribution in [3.63, 3.8) is 0 Å². The van der Waals surface area contributed by atoms with E-state index in [0.29, 0.717) is 29.1 Å². The number of aliphatic hydroxyl groups excluding tert-OH is 1. The standard InChI is InChI=1S/C33H41N4O2P/c1-32-18-17-29-26(28(32)15-16-30(32)38)14-13-23-19-27-22(20-33(23,29)2)21-34-35-31(27)40(39,36-24-9-5-3-6-10-24)37-25-11-7-4-8-12-25/h3-12,21,23,26,28-30,38H,13-20H2,1-2H3,(H2,36,37,39)/t23?,26-,28-,29-,30-,32-,33-/m0/s1. The first-order valence-electron chi connectivity index (χ1n) is 15.1. The first kappa shape index (κ1) is 26.2. The van der Waals surface area contributed by atoms with Crippen molar-refractivity contribution in [3.8, 4) is 0 Å². The van der Waals surface area contributed by atoms with Crippen molar-refractivity contribution in [1.82, 2.24) is 10.2 Å². The summed E-state index contributed by atoms with van der Waals surface area (Å²) in [5.41, 5.74) is 4.75. The van der Waals surface area contributed by atoms with Crippen LogP contribution in [0.4, 0.5) is 11.4 Å². The van der Waals surface area contributed by atoms with Crippen LogP contribution >= 0.6 is 7.44 Å². The monoisotopic (exact) mass is 556 g/mol. The summed E-state index contributed by atoms with van der Waals surface area (Å²) in [5.74, 6) is 2.52. The molecule has 7 heteroatoms. The molecule has 0 saturated heterocycles. The molecule has 3 fully saturated rings. The third-order valence-electron chi connectivity index (χ3n) is 11.5. The molecule has 0 amide bonds. The minimum absolute atomic E-state index is 0.0917. The fraction of sp³-hybridized carbons (Fsp3) is 0.515. The molecule has 0 spiro atoms. The number of nitrogens with zero attached hydrogens (tertiary/aromatic N) is 2. The predicted molar refractivity (Wildman–Crippen MR) is 161 cm³/mol. The summed E-state index contributed by atoms with van der Waals surface area (Å²) >= 11 is 0. The molecule has 7 rings (SSSR count). The third kappa shape index (κ3) is 4.13. The number of anilines is 2. The lowest BCUT2D eigenvalue weighted by molar-refractivity contribution is -0.111. The zero-order chi connectivity index (χ0) is 27.5. The lowest BCUT2D eigenvalue weighted by Gasteiger charge is -2.60. The van der Waals surface area contributed by atoms with Crippen LogP contribution in [0.15, 0.2) is 66.9 Å². The Hall–Kier alpha value is -2.69. The minimum Gasteiger partial charge on any atom is -0.393 e. The van der Waals surface area contributed by atoms with Crippen LogP contribution in [-0.2, 0) is 17.4 Å². The Labute approximate surface area is 237 Å². The van der Waals surface area contributed by atoms with Gasteiger partial charge in [0, 0.05) is 11.4 Å². The highest BCUT2D eigenvalue weighted by Gasteiger charge is 2.60. The molecule has 2 aromatic carbocycles. The Morgan fingerprint density at radius 1 is 0.850 bits per heavy atom. The van der Waals surface area contributed by atoms with E-state index in [0.717, 1.165) is 42.6 Å². The molecular weight excluding hydrogens is 515 g/mol. The Morgan fingerprint density at radius 2 is 1.50 bits per heavy atom. The van der Waals surface area contributed by atoms with Gasteiger partial charge in [0.25, 0.3) is 0 Å². The molecule has 210 valence electrons. The van der Waals surface area contributed by atoms with Gasteiger partial charge in [-0.15, -0.1) is 5.10 Å². The topological polar surface area (TPSA) is 87.1 Å². The van der Waals surface area contributed by atoms with Crippen LogP contribution in [0.25, 0.3) is 0 Å². The van der Waals surface area contributed by atoms with Crippen molar-refractivity contribution in [2.24, 2.45) is 34.5 Å². The van der Waals surface area contributed by atoms with Gasteiger partial charge in [-0.1, -0.05) is 50.2 Å². The van der Waals surface area contributed by atoms with E-state index < -0.39 is 7.44 Å². The number of hydrogen-bond acceptors (Lipinski definition) is 4. The lowest BCUT2D eigenvalue weighted by atomic mass is 9.45. The highest BCUT2D eigenvalue weighted by molar-refractivity contribution is 7.74. The molecule has 3 N–H and O–H groups in total. The molecule has 1 heterocycles. The number of fused-ring (bicyclic) bond motifs is 6. The molecule has 6 nitrogen and oxygen atoms in total. The molecule has 4 aliphatic rings. The van der Waals surface area contributed by atoms with Gasteiger partial charge in [-0.25, -0.2) is 0 Å². The summed E-state index contributed by atoms with van der Waals surface area (Å²) in [4.78, 5) is 0. The zero-order valence-electron chi connectivity index (χ0n) is 23.6. The summed E-state index contributed by atoms with van der Waals surface area (Å²) < 4.78 is 14.9. The normalized spacial score (nSPS) is 34.6. The van der Waals surface area contributed by atoms with E-state index >= 15 is 0 Å². The van der Waals surface area contributed by atoms with E-state index in [2.05, 4.69) is 34.2 Å². The SMILES string of the molecule is C[C@]12CC[C@H]3[C@@H](CCC4Cc5c(cnnc5P(=O)(Nc5ccccc5)Nc5ccccc5)C[C@@]43C)[C@@H]1CC[C@@H]2O. The summed E-state index contributed by atoms with van der Waals surface area (Å²) in [6.45, 7) is 4.88. The van der Waals surface area contributed by atoms with Crippen LogP contribution in [0.3, 0.4) is 0 Å². The summed E-state index contributed by atoms with van der Waals surface area (Å²) in [6, 6.07) is 19.5. The number of aliphatic hydroxyl groups is 1. The number of nitrogens with one attached hydrogen (secondary N) is 2. The summed E-state index contributed by atoms with van der Waals surface area (Å²) in [6.07, 6.45) is 10.5.